The second-order valence-corrected chi connectivity index (χ2v) is 3.63. The maximum absolute atomic E-state index is 11.7. The van der Waals surface area contributed by atoms with Gasteiger partial charge in [-0.15, -0.1) is 0 Å². The second-order valence-electron chi connectivity index (χ2n) is 3.63. The van der Waals surface area contributed by atoms with Crippen LogP contribution >= 0.6 is 0 Å². The van der Waals surface area contributed by atoms with Gasteiger partial charge >= 0.3 is 0 Å². The summed E-state index contributed by atoms with van der Waals surface area (Å²) >= 11 is 0. The molecule has 2 N–H and O–H groups in total. The Balaban J connectivity index is 2.63. The van der Waals surface area contributed by atoms with Crippen molar-refractivity contribution in [1.29, 1.82) is 0 Å². The molecule has 0 bridgehead atoms. The molecule has 4 heteroatoms. The highest BCUT2D eigenvalue weighted by Crippen LogP contribution is 2.12. The molecule has 1 atom stereocenters. The lowest BCUT2D eigenvalue weighted by atomic mass is 10.1. The summed E-state index contributed by atoms with van der Waals surface area (Å²) in [5.41, 5.74) is 7.65. The Morgan fingerprint density at radius 1 is 1.53 bits per heavy atom. The van der Waals surface area contributed by atoms with Gasteiger partial charge in [0.1, 0.15) is 11.3 Å². The Morgan fingerprint density at radius 3 is 2.87 bits per heavy atom. The Morgan fingerprint density at radius 2 is 2.27 bits per heavy atom. The second kappa shape index (κ2) is 3.47. The van der Waals surface area contributed by atoms with Gasteiger partial charge in [-0.25, -0.2) is 4.98 Å². The van der Waals surface area contributed by atoms with Crippen LogP contribution in [-0.2, 0) is 0 Å². The molecule has 0 aromatic carbocycles. The summed E-state index contributed by atoms with van der Waals surface area (Å²) in [4.78, 5) is 16.0. The summed E-state index contributed by atoms with van der Waals surface area (Å²) in [6.45, 7) is 3.54. The van der Waals surface area contributed by atoms with Crippen molar-refractivity contribution >= 4 is 11.4 Å². The first-order chi connectivity index (χ1) is 7.11. The zero-order valence-corrected chi connectivity index (χ0v) is 8.77. The zero-order chi connectivity index (χ0) is 11.0. The van der Waals surface area contributed by atoms with Crippen molar-refractivity contribution in [2.24, 2.45) is 5.73 Å². The van der Waals surface area contributed by atoms with E-state index < -0.39 is 6.04 Å². The maximum atomic E-state index is 11.7. The van der Waals surface area contributed by atoms with E-state index in [0.29, 0.717) is 5.69 Å². The SMILES string of the molecule is Cc1c(C(=O)C(C)N)nc2ccccn12. The number of Topliss-reactive ketones (excluding diaryl/α,β-unsaturated/α-hetero) is 1. The maximum Gasteiger partial charge on any atom is 0.199 e. The lowest BCUT2D eigenvalue weighted by Gasteiger charge is -2.01. The summed E-state index contributed by atoms with van der Waals surface area (Å²) in [5.74, 6) is -0.115. The van der Waals surface area contributed by atoms with Gasteiger partial charge in [-0.05, 0) is 26.0 Å². The molecule has 2 heterocycles. The molecule has 0 amide bonds. The molecule has 0 fully saturated rings. The number of ketones is 1. The van der Waals surface area contributed by atoms with Crippen LogP contribution in [0.3, 0.4) is 0 Å². The number of nitrogens with zero attached hydrogens (tertiary/aromatic N) is 2. The van der Waals surface area contributed by atoms with Crippen molar-refractivity contribution in [3.8, 4) is 0 Å². The molecule has 15 heavy (non-hydrogen) atoms. The summed E-state index contributed by atoms with van der Waals surface area (Å²) < 4.78 is 1.88. The molecule has 0 radical (unpaired) electrons. The lowest BCUT2D eigenvalue weighted by molar-refractivity contribution is 0.0963. The molecule has 2 rings (SSSR count). The third kappa shape index (κ3) is 1.53. The number of hydrogen-bond acceptors (Lipinski definition) is 3. The lowest BCUT2D eigenvalue weighted by Crippen LogP contribution is -2.27. The van der Waals surface area contributed by atoms with Gasteiger partial charge in [0.2, 0.25) is 0 Å². The van der Waals surface area contributed by atoms with Crippen LogP contribution in [0.25, 0.3) is 5.65 Å². The molecule has 0 saturated carbocycles. The van der Waals surface area contributed by atoms with E-state index in [1.807, 2.05) is 35.7 Å². The van der Waals surface area contributed by atoms with Crippen LogP contribution in [-0.4, -0.2) is 21.2 Å². The summed E-state index contributed by atoms with van der Waals surface area (Å²) in [5, 5.41) is 0. The van der Waals surface area contributed by atoms with Crippen molar-refractivity contribution in [2.45, 2.75) is 19.9 Å². The van der Waals surface area contributed by atoms with E-state index in [9.17, 15) is 4.79 Å². The molecule has 0 saturated heterocycles. The molecule has 2 aromatic heterocycles. The molecule has 4 nitrogen and oxygen atoms in total. The number of pyridine rings is 1. The minimum Gasteiger partial charge on any atom is -0.321 e. The van der Waals surface area contributed by atoms with E-state index in [2.05, 4.69) is 4.98 Å². The highest BCUT2D eigenvalue weighted by molar-refractivity contribution is 5.99. The summed E-state index contributed by atoms with van der Waals surface area (Å²) in [7, 11) is 0. The van der Waals surface area contributed by atoms with Crippen LogP contribution in [0.4, 0.5) is 0 Å². The third-order valence-corrected chi connectivity index (χ3v) is 2.42. The Labute approximate surface area is 87.7 Å². The van der Waals surface area contributed by atoms with Crippen molar-refractivity contribution in [3.05, 3.63) is 35.8 Å². The largest absolute Gasteiger partial charge is 0.321 e. The van der Waals surface area contributed by atoms with Crippen LogP contribution in [0.2, 0.25) is 0 Å². The molecule has 1 unspecified atom stereocenters. The summed E-state index contributed by atoms with van der Waals surface area (Å²) in [6, 6.07) is 5.16. The number of rotatable bonds is 2. The molecule has 0 spiro atoms. The third-order valence-electron chi connectivity index (χ3n) is 2.42. The van der Waals surface area contributed by atoms with Crippen molar-refractivity contribution in [2.75, 3.05) is 0 Å². The highest BCUT2D eigenvalue weighted by Gasteiger charge is 2.18. The summed E-state index contributed by atoms with van der Waals surface area (Å²) in [6.07, 6.45) is 1.88. The van der Waals surface area contributed by atoms with Gasteiger partial charge in [-0.3, -0.25) is 4.79 Å². The number of aromatic nitrogens is 2. The van der Waals surface area contributed by atoms with Gasteiger partial charge < -0.3 is 10.1 Å². The van der Waals surface area contributed by atoms with Crippen LogP contribution in [0.5, 0.6) is 0 Å². The molecule has 2 aromatic rings. The van der Waals surface area contributed by atoms with Gasteiger partial charge in [-0.2, -0.15) is 0 Å². The number of carbonyl (C=O) groups excluding carboxylic acids is 1. The van der Waals surface area contributed by atoms with E-state index in [1.54, 1.807) is 6.92 Å². The van der Waals surface area contributed by atoms with Gasteiger partial charge in [0, 0.05) is 6.20 Å². The smallest absolute Gasteiger partial charge is 0.199 e. The Hall–Kier alpha value is -1.68. The Bertz CT molecular complexity index is 514. The predicted octanol–water partition coefficient (Wildman–Crippen LogP) is 1.17. The van der Waals surface area contributed by atoms with Gasteiger partial charge in [-0.1, -0.05) is 6.07 Å². The van der Waals surface area contributed by atoms with Crippen LogP contribution in [0, 0.1) is 6.92 Å². The monoisotopic (exact) mass is 203 g/mol. The molecule has 0 aliphatic heterocycles. The van der Waals surface area contributed by atoms with Crippen LogP contribution < -0.4 is 5.73 Å². The molecule has 0 aliphatic carbocycles. The van der Waals surface area contributed by atoms with Gasteiger partial charge in [0.15, 0.2) is 5.78 Å². The quantitative estimate of drug-likeness (QED) is 0.745. The average molecular weight is 203 g/mol. The fourth-order valence-electron chi connectivity index (χ4n) is 1.57. The molecular formula is C11H13N3O. The van der Waals surface area contributed by atoms with E-state index in [-0.39, 0.29) is 5.78 Å². The fraction of sp³-hybridized carbons (Fsp3) is 0.273. The number of nitrogens with two attached hydrogens (primary N) is 1. The normalized spacial score (nSPS) is 13.0. The fourth-order valence-corrected chi connectivity index (χ4v) is 1.57. The number of hydrogen-bond donors (Lipinski definition) is 1. The van der Waals surface area contributed by atoms with Crippen molar-refractivity contribution < 1.29 is 4.79 Å². The standard InChI is InChI=1S/C11H13N3O/c1-7(12)11(15)10-8(2)14-6-4-3-5-9(14)13-10/h3-7H,12H2,1-2H3. The van der Waals surface area contributed by atoms with Crippen molar-refractivity contribution in [1.82, 2.24) is 9.38 Å². The predicted molar refractivity (Wildman–Crippen MR) is 57.9 cm³/mol. The first kappa shape index (κ1) is 9.86. The first-order valence-electron chi connectivity index (χ1n) is 4.84. The highest BCUT2D eigenvalue weighted by atomic mass is 16.1. The van der Waals surface area contributed by atoms with Crippen LogP contribution in [0.1, 0.15) is 23.1 Å². The average Bonchev–Trinajstić information content (AvgIpc) is 2.56. The number of fused-ring (bicyclic) bond motifs is 1. The minimum absolute atomic E-state index is 0.115. The molecular weight excluding hydrogens is 190 g/mol. The van der Waals surface area contributed by atoms with E-state index >= 15 is 0 Å². The van der Waals surface area contributed by atoms with Crippen LogP contribution in [0.15, 0.2) is 24.4 Å². The Kier molecular flexibility index (Phi) is 2.28. The number of aryl methyl sites for hydroxylation is 1. The molecule has 78 valence electrons. The van der Waals surface area contributed by atoms with E-state index in [0.717, 1.165) is 11.3 Å². The number of imidazole rings is 1. The van der Waals surface area contributed by atoms with Crippen molar-refractivity contribution in [3.63, 3.8) is 0 Å². The zero-order valence-electron chi connectivity index (χ0n) is 8.77. The molecule has 0 aliphatic rings. The van der Waals surface area contributed by atoms with E-state index in [4.69, 9.17) is 5.73 Å². The van der Waals surface area contributed by atoms with Gasteiger partial charge in [0.25, 0.3) is 0 Å². The number of carbonyl (C=O) groups is 1. The first-order valence-corrected chi connectivity index (χ1v) is 4.84. The van der Waals surface area contributed by atoms with E-state index in [1.165, 1.54) is 0 Å². The van der Waals surface area contributed by atoms with Gasteiger partial charge in [0.05, 0.1) is 11.7 Å². The topological polar surface area (TPSA) is 60.4 Å². The minimum atomic E-state index is -0.506.